The molecule has 0 spiro atoms. The summed E-state index contributed by atoms with van der Waals surface area (Å²) in [5.74, 6) is 0. The molecule has 0 aliphatic rings. The molecule has 0 saturated heterocycles. The van der Waals surface area contributed by atoms with Crippen molar-refractivity contribution in [3.63, 3.8) is 0 Å². The average Bonchev–Trinajstić information content (AvgIpc) is 2.95. The molecule has 0 saturated carbocycles. The summed E-state index contributed by atoms with van der Waals surface area (Å²) in [6.45, 7) is 3.89. The van der Waals surface area contributed by atoms with E-state index in [9.17, 15) is 0 Å². The molecule has 23 heavy (non-hydrogen) atoms. The van der Waals surface area contributed by atoms with Crippen molar-refractivity contribution in [2.75, 3.05) is 0 Å². The average molecular weight is 321 g/mol. The van der Waals surface area contributed by atoms with Crippen molar-refractivity contribution in [3.8, 4) is 22.4 Å². The molecule has 0 fully saturated rings. The Morgan fingerprint density at radius 2 is 1.48 bits per heavy atom. The molecule has 0 amide bonds. The van der Waals surface area contributed by atoms with Gasteiger partial charge in [-0.1, -0.05) is 54.6 Å². The van der Waals surface area contributed by atoms with Crippen molar-refractivity contribution in [1.82, 2.24) is 4.57 Å². The van der Waals surface area contributed by atoms with E-state index in [0.29, 0.717) is 0 Å². The third-order valence-corrected chi connectivity index (χ3v) is 4.46. The van der Waals surface area contributed by atoms with Crippen LogP contribution in [-0.2, 0) is 7.05 Å². The Labute approximate surface area is 140 Å². The van der Waals surface area contributed by atoms with Gasteiger partial charge in [-0.3, -0.25) is 0 Å². The number of hydrogen-bond acceptors (Lipinski definition) is 3. The summed E-state index contributed by atoms with van der Waals surface area (Å²) in [4.78, 5) is 0.897. The van der Waals surface area contributed by atoms with E-state index in [2.05, 4.69) is 68.7 Å². The molecule has 0 aliphatic carbocycles. The van der Waals surface area contributed by atoms with Gasteiger partial charge in [0, 0.05) is 18.1 Å². The standard InChI is InChI=1S/C19H19N3S/c1-14(2)20-21-19-22(3)18(13-23-19)17-11-9-16(10-12-17)15-7-5-4-6-8-15/h4-13H,1-3H3/b21-19-. The first-order valence-electron chi connectivity index (χ1n) is 7.50. The fraction of sp³-hybridized carbons (Fsp3) is 0.158. The van der Waals surface area contributed by atoms with Crippen molar-refractivity contribution < 1.29 is 0 Å². The van der Waals surface area contributed by atoms with Crippen molar-refractivity contribution in [2.24, 2.45) is 17.3 Å². The van der Waals surface area contributed by atoms with E-state index in [1.807, 2.05) is 27.0 Å². The monoisotopic (exact) mass is 321 g/mol. The Balaban J connectivity index is 1.95. The lowest BCUT2D eigenvalue weighted by Gasteiger charge is -2.05. The van der Waals surface area contributed by atoms with Crippen molar-refractivity contribution in [2.45, 2.75) is 13.8 Å². The Morgan fingerprint density at radius 1 is 0.870 bits per heavy atom. The first-order chi connectivity index (χ1) is 11.1. The van der Waals surface area contributed by atoms with Gasteiger partial charge >= 0.3 is 0 Å². The molecule has 0 unspecified atom stereocenters. The van der Waals surface area contributed by atoms with E-state index < -0.39 is 0 Å². The summed E-state index contributed by atoms with van der Waals surface area (Å²) in [7, 11) is 2.02. The summed E-state index contributed by atoms with van der Waals surface area (Å²) < 4.78 is 2.08. The van der Waals surface area contributed by atoms with E-state index >= 15 is 0 Å². The number of hydrogen-bond donors (Lipinski definition) is 0. The summed E-state index contributed by atoms with van der Waals surface area (Å²) in [6, 6.07) is 19.0. The molecule has 3 aromatic rings. The summed E-state index contributed by atoms with van der Waals surface area (Å²) in [5, 5.41) is 10.6. The minimum Gasteiger partial charge on any atom is -0.318 e. The normalized spacial score (nSPS) is 11.5. The number of aromatic nitrogens is 1. The second kappa shape index (κ2) is 6.75. The number of rotatable bonds is 3. The van der Waals surface area contributed by atoms with Gasteiger partial charge in [-0.2, -0.15) is 5.10 Å². The molecule has 4 heteroatoms. The largest absolute Gasteiger partial charge is 0.318 e. The van der Waals surface area contributed by atoms with Crippen molar-refractivity contribution in [3.05, 3.63) is 64.8 Å². The van der Waals surface area contributed by atoms with Gasteiger partial charge in [-0.25, -0.2) is 0 Å². The summed E-state index contributed by atoms with van der Waals surface area (Å²) in [5.41, 5.74) is 5.74. The zero-order chi connectivity index (χ0) is 16.2. The molecule has 2 aromatic carbocycles. The van der Waals surface area contributed by atoms with Gasteiger partial charge in [-0.15, -0.1) is 16.4 Å². The molecular weight excluding hydrogens is 302 g/mol. The van der Waals surface area contributed by atoms with Crippen LogP contribution in [0.15, 0.2) is 70.2 Å². The van der Waals surface area contributed by atoms with Crippen LogP contribution in [-0.4, -0.2) is 10.3 Å². The first-order valence-corrected chi connectivity index (χ1v) is 8.38. The molecule has 0 bridgehead atoms. The van der Waals surface area contributed by atoms with E-state index in [1.165, 1.54) is 16.7 Å². The summed E-state index contributed by atoms with van der Waals surface area (Å²) in [6.07, 6.45) is 0. The molecule has 0 radical (unpaired) electrons. The SMILES string of the molecule is CC(C)=N/N=c1\scc(-c2ccc(-c3ccccc3)cc2)n1C. The van der Waals surface area contributed by atoms with Gasteiger partial charge in [0.15, 0.2) is 0 Å². The first kappa shape index (κ1) is 15.4. The van der Waals surface area contributed by atoms with Gasteiger partial charge < -0.3 is 4.57 Å². The zero-order valence-electron chi connectivity index (χ0n) is 13.5. The van der Waals surface area contributed by atoms with E-state index in [4.69, 9.17) is 0 Å². The van der Waals surface area contributed by atoms with Crippen LogP contribution in [0.2, 0.25) is 0 Å². The second-order valence-electron chi connectivity index (χ2n) is 5.55. The Morgan fingerprint density at radius 3 is 2.13 bits per heavy atom. The Hall–Kier alpha value is -2.46. The number of benzene rings is 2. The maximum atomic E-state index is 4.29. The molecule has 1 aromatic heterocycles. The van der Waals surface area contributed by atoms with E-state index in [-0.39, 0.29) is 0 Å². The highest BCUT2D eigenvalue weighted by Crippen LogP contribution is 2.24. The molecule has 0 atom stereocenters. The zero-order valence-corrected chi connectivity index (χ0v) is 14.3. The Kier molecular flexibility index (Phi) is 4.53. The third kappa shape index (κ3) is 3.48. The minimum absolute atomic E-state index is 0.897. The van der Waals surface area contributed by atoms with Gasteiger partial charge in [0.25, 0.3) is 0 Å². The predicted octanol–water partition coefficient (Wildman–Crippen LogP) is 4.72. The maximum absolute atomic E-state index is 4.29. The predicted molar refractivity (Wildman–Crippen MR) is 98.5 cm³/mol. The highest BCUT2D eigenvalue weighted by Gasteiger charge is 2.05. The van der Waals surface area contributed by atoms with E-state index in [0.717, 1.165) is 16.2 Å². The molecule has 3 nitrogen and oxygen atoms in total. The molecule has 3 rings (SSSR count). The van der Waals surface area contributed by atoms with Crippen LogP contribution in [0.25, 0.3) is 22.4 Å². The van der Waals surface area contributed by atoms with Gasteiger partial charge in [0.2, 0.25) is 4.80 Å². The van der Waals surface area contributed by atoms with Crippen LogP contribution < -0.4 is 4.80 Å². The van der Waals surface area contributed by atoms with Crippen LogP contribution in [0.5, 0.6) is 0 Å². The van der Waals surface area contributed by atoms with Crippen LogP contribution in [0, 0.1) is 0 Å². The lowest BCUT2D eigenvalue weighted by Crippen LogP contribution is -2.10. The Bertz CT molecular complexity index is 880. The number of thiazole rings is 1. The molecule has 116 valence electrons. The smallest absolute Gasteiger partial charge is 0.210 e. The van der Waals surface area contributed by atoms with Gasteiger partial charge in [0.05, 0.1) is 5.69 Å². The number of nitrogens with zero attached hydrogens (tertiary/aromatic N) is 3. The molecular formula is C19H19N3S. The molecule has 1 heterocycles. The fourth-order valence-electron chi connectivity index (χ4n) is 2.33. The van der Waals surface area contributed by atoms with Gasteiger partial charge in [0.1, 0.15) is 0 Å². The molecule has 0 aliphatic heterocycles. The minimum atomic E-state index is 0.897. The summed E-state index contributed by atoms with van der Waals surface area (Å²) >= 11 is 1.60. The van der Waals surface area contributed by atoms with Crippen LogP contribution in [0.4, 0.5) is 0 Å². The lowest BCUT2D eigenvalue weighted by molar-refractivity contribution is 0.862. The van der Waals surface area contributed by atoms with Crippen LogP contribution in [0.1, 0.15) is 13.8 Å². The lowest BCUT2D eigenvalue weighted by atomic mass is 10.0. The topological polar surface area (TPSA) is 29.6 Å². The van der Waals surface area contributed by atoms with Crippen LogP contribution >= 0.6 is 11.3 Å². The van der Waals surface area contributed by atoms with Crippen molar-refractivity contribution in [1.29, 1.82) is 0 Å². The third-order valence-electron chi connectivity index (χ3n) is 3.55. The van der Waals surface area contributed by atoms with Gasteiger partial charge in [-0.05, 0) is 30.5 Å². The van der Waals surface area contributed by atoms with Crippen LogP contribution in [0.3, 0.4) is 0 Å². The highest BCUT2D eigenvalue weighted by atomic mass is 32.1. The maximum Gasteiger partial charge on any atom is 0.210 e. The van der Waals surface area contributed by atoms with Crippen molar-refractivity contribution >= 4 is 17.0 Å². The van der Waals surface area contributed by atoms with E-state index in [1.54, 1.807) is 11.3 Å². The fourth-order valence-corrected chi connectivity index (χ4v) is 3.18. The molecule has 0 N–H and O–H groups in total. The quantitative estimate of drug-likeness (QED) is 0.494. The highest BCUT2D eigenvalue weighted by molar-refractivity contribution is 7.07. The second-order valence-corrected chi connectivity index (χ2v) is 6.39.